The second kappa shape index (κ2) is 13.5. The van der Waals surface area contributed by atoms with Gasteiger partial charge in [0.1, 0.15) is 5.75 Å². The number of fused-ring (bicyclic) bond motifs is 2. The highest BCUT2D eigenvalue weighted by Crippen LogP contribution is 2.39. The molecule has 1 N–H and O–H groups in total. The molecule has 0 aliphatic heterocycles. The Hall–Kier alpha value is -2.96. The van der Waals surface area contributed by atoms with Gasteiger partial charge in [0.25, 0.3) is 0 Å². The molecule has 6 nitrogen and oxygen atoms in total. The molecule has 0 saturated carbocycles. The molecule has 2 aromatic carbocycles. The molecule has 0 aliphatic carbocycles. The smallest absolute Gasteiger partial charge is 0.215 e. The second-order valence-electron chi connectivity index (χ2n) is 8.80. The van der Waals surface area contributed by atoms with E-state index in [9.17, 15) is 5.11 Å². The first-order chi connectivity index (χ1) is 17.0. The molecule has 0 amide bonds. The van der Waals surface area contributed by atoms with Crippen molar-refractivity contribution in [1.82, 2.24) is 9.97 Å². The van der Waals surface area contributed by atoms with Crippen LogP contribution in [0.5, 0.6) is 23.1 Å². The van der Waals surface area contributed by atoms with E-state index in [1.54, 1.807) is 21.3 Å². The maximum absolute atomic E-state index is 11.1. The zero-order valence-corrected chi connectivity index (χ0v) is 23.7. The summed E-state index contributed by atoms with van der Waals surface area (Å²) in [5.74, 6) is 2.13. The third-order valence-electron chi connectivity index (χ3n) is 6.48. The van der Waals surface area contributed by atoms with Gasteiger partial charge in [0.15, 0.2) is 11.5 Å². The van der Waals surface area contributed by atoms with E-state index in [0.29, 0.717) is 17.9 Å². The molecule has 4 rings (SSSR count). The molecule has 0 bridgehead atoms. The van der Waals surface area contributed by atoms with Crippen molar-refractivity contribution >= 4 is 46.5 Å². The van der Waals surface area contributed by atoms with Gasteiger partial charge in [-0.05, 0) is 66.6 Å². The maximum atomic E-state index is 11.1. The third kappa shape index (κ3) is 6.31. The first-order valence-electron chi connectivity index (χ1n) is 12.3. The Kier molecular flexibility index (Phi) is 11.1. The summed E-state index contributed by atoms with van der Waals surface area (Å²) in [5, 5.41) is 14.0. The number of aromatic hydroxyl groups is 1. The number of hydrogen-bond acceptors (Lipinski definition) is 6. The zero-order valence-electron chi connectivity index (χ0n) is 22.1. The SMILES string of the molecule is CCCCc1nc2ccc(OC)cc2cc1Cc1c(O)nc(CCC)c2cc(OC)c(OC)cc12.Cl.Cl. The van der Waals surface area contributed by atoms with Gasteiger partial charge in [-0.25, -0.2) is 4.98 Å². The predicted octanol–water partition coefficient (Wildman–Crippen LogP) is 7.24. The molecule has 2 heterocycles. The van der Waals surface area contributed by atoms with E-state index < -0.39 is 0 Å². The highest BCUT2D eigenvalue weighted by atomic mass is 35.5. The summed E-state index contributed by atoms with van der Waals surface area (Å²) in [6.07, 6.45) is 5.21. The van der Waals surface area contributed by atoms with Crippen LogP contribution in [0.15, 0.2) is 36.4 Å². The number of methoxy groups -OCH3 is 3. The van der Waals surface area contributed by atoms with E-state index in [2.05, 4.69) is 24.9 Å². The fourth-order valence-corrected chi connectivity index (χ4v) is 4.61. The monoisotopic (exact) mass is 546 g/mol. The molecule has 37 heavy (non-hydrogen) atoms. The molecule has 0 atom stereocenters. The maximum Gasteiger partial charge on any atom is 0.215 e. The molecule has 0 fully saturated rings. The third-order valence-corrected chi connectivity index (χ3v) is 6.48. The summed E-state index contributed by atoms with van der Waals surface area (Å²) in [6, 6.07) is 12.0. The number of benzene rings is 2. The van der Waals surface area contributed by atoms with Crippen molar-refractivity contribution in [2.75, 3.05) is 21.3 Å². The van der Waals surface area contributed by atoms with Gasteiger partial charge in [-0.15, -0.1) is 24.8 Å². The lowest BCUT2D eigenvalue weighted by atomic mass is 9.94. The lowest BCUT2D eigenvalue weighted by molar-refractivity contribution is 0.355. The molecule has 200 valence electrons. The topological polar surface area (TPSA) is 73.7 Å². The number of nitrogens with zero attached hydrogens (tertiary/aromatic N) is 2. The van der Waals surface area contributed by atoms with Crippen LogP contribution in [-0.4, -0.2) is 36.4 Å². The molecular formula is C29H36Cl2N2O4. The first kappa shape index (κ1) is 30.3. The van der Waals surface area contributed by atoms with Crippen molar-refractivity contribution < 1.29 is 19.3 Å². The van der Waals surface area contributed by atoms with Gasteiger partial charge in [0.2, 0.25) is 5.88 Å². The van der Waals surface area contributed by atoms with Gasteiger partial charge in [-0.2, -0.15) is 0 Å². The minimum atomic E-state index is 0. The Morgan fingerprint density at radius 3 is 2.08 bits per heavy atom. The fourth-order valence-electron chi connectivity index (χ4n) is 4.61. The van der Waals surface area contributed by atoms with Crippen molar-refractivity contribution in [3.05, 3.63) is 58.9 Å². The van der Waals surface area contributed by atoms with Crippen LogP contribution in [0.2, 0.25) is 0 Å². The van der Waals surface area contributed by atoms with Crippen molar-refractivity contribution in [3.8, 4) is 23.1 Å². The number of pyridine rings is 2. The number of aryl methyl sites for hydroxylation is 2. The highest BCUT2D eigenvalue weighted by molar-refractivity contribution is 5.92. The summed E-state index contributed by atoms with van der Waals surface area (Å²) in [6.45, 7) is 4.29. The van der Waals surface area contributed by atoms with Crippen LogP contribution in [0.4, 0.5) is 0 Å². The van der Waals surface area contributed by atoms with E-state index in [4.69, 9.17) is 19.2 Å². The zero-order chi connectivity index (χ0) is 24.9. The molecule has 2 aromatic heterocycles. The van der Waals surface area contributed by atoms with Gasteiger partial charge < -0.3 is 19.3 Å². The normalized spacial score (nSPS) is 10.6. The van der Waals surface area contributed by atoms with Crippen molar-refractivity contribution in [2.24, 2.45) is 0 Å². The molecule has 8 heteroatoms. The van der Waals surface area contributed by atoms with Crippen LogP contribution in [0.1, 0.15) is 55.6 Å². The van der Waals surface area contributed by atoms with E-state index in [1.807, 2.05) is 30.3 Å². The number of rotatable bonds is 10. The van der Waals surface area contributed by atoms with E-state index in [1.165, 1.54) is 0 Å². The summed E-state index contributed by atoms with van der Waals surface area (Å²) < 4.78 is 16.6. The molecule has 0 radical (unpaired) electrons. The number of hydrogen-bond donors (Lipinski definition) is 1. The Balaban J connectivity index is 0.00000241. The summed E-state index contributed by atoms with van der Waals surface area (Å²) in [4.78, 5) is 9.62. The summed E-state index contributed by atoms with van der Waals surface area (Å²) >= 11 is 0. The summed E-state index contributed by atoms with van der Waals surface area (Å²) in [5.41, 5.74) is 4.70. The first-order valence-corrected chi connectivity index (χ1v) is 12.3. The number of unbranched alkanes of at least 4 members (excludes halogenated alkanes) is 1. The average Bonchev–Trinajstić information content (AvgIpc) is 2.88. The van der Waals surface area contributed by atoms with Crippen LogP contribution in [0, 0.1) is 0 Å². The highest BCUT2D eigenvalue weighted by Gasteiger charge is 2.19. The molecule has 0 spiro atoms. The average molecular weight is 548 g/mol. The molecule has 4 aromatic rings. The molecular weight excluding hydrogens is 511 g/mol. The predicted molar refractivity (Wildman–Crippen MR) is 155 cm³/mol. The quantitative estimate of drug-likeness (QED) is 0.226. The van der Waals surface area contributed by atoms with Crippen molar-refractivity contribution in [1.29, 1.82) is 0 Å². The fraction of sp³-hybridized carbons (Fsp3) is 0.379. The number of halogens is 2. The van der Waals surface area contributed by atoms with Crippen molar-refractivity contribution in [2.45, 2.75) is 52.4 Å². The minimum absolute atomic E-state index is 0. The van der Waals surface area contributed by atoms with Gasteiger partial charge in [0, 0.05) is 28.5 Å². The molecule has 0 unspecified atom stereocenters. The Morgan fingerprint density at radius 2 is 1.46 bits per heavy atom. The molecule has 0 saturated heterocycles. The van der Waals surface area contributed by atoms with Crippen molar-refractivity contribution in [3.63, 3.8) is 0 Å². The van der Waals surface area contributed by atoms with Crippen LogP contribution in [0.3, 0.4) is 0 Å². The van der Waals surface area contributed by atoms with Crippen LogP contribution in [0.25, 0.3) is 21.7 Å². The van der Waals surface area contributed by atoms with Crippen LogP contribution < -0.4 is 14.2 Å². The lowest BCUT2D eigenvalue weighted by Crippen LogP contribution is -2.04. The summed E-state index contributed by atoms with van der Waals surface area (Å²) in [7, 11) is 4.92. The Bertz CT molecular complexity index is 1360. The second-order valence-corrected chi connectivity index (χ2v) is 8.80. The number of ether oxygens (including phenoxy) is 3. The van der Waals surface area contributed by atoms with E-state index in [0.717, 1.165) is 82.0 Å². The van der Waals surface area contributed by atoms with Gasteiger partial charge >= 0.3 is 0 Å². The van der Waals surface area contributed by atoms with E-state index in [-0.39, 0.29) is 30.7 Å². The van der Waals surface area contributed by atoms with Gasteiger partial charge in [-0.1, -0.05) is 26.7 Å². The van der Waals surface area contributed by atoms with Crippen LogP contribution >= 0.6 is 24.8 Å². The van der Waals surface area contributed by atoms with Crippen LogP contribution in [-0.2, 0) is 19.3 Å². The Morgan fingerprint density at radius 1 is 0.757 bits per heavy atom. The van der Waals surface area contributed by atoms with Gasteiger partial charge in [-0.3, -0.25) is 4.98 Å². The largest absolute Gasteiger partial charge is 0.497 e. The van der Waals surface area contributed by atoms with E-state index >= 15 is 0 Å². The Labute approximate surface area is 231 Å². The minimum Gasteiger partial charge on any atom is -0.497 e. The standard InChI is InChI=1S/C29H34N2O4.2ClH/c1-6-8-10-24-19(13-18-14-20(33-3)11-12-25(18)30-24)15-23-21-16-27(34-4)28(35-5)17-22(21)26(9-7-2)31-29(23)32;;/h11-14,16-17H,6-10,15H2,1-5H3,(H,31,32);2*1H. The number of aromatic nitrogens is 2. The van der Waals surface area contributed by atoms with Gasteiger partial charge in [0.05, 0.1) is 32.5 Å². The lowest BCUT2D eigenvalue weighted by Gasteiger charge is -2.17. The molecule has 0 aliphatic rings.